The maximum absolute atomic E-state index is 7.25. The van der Waals surface area contributed by atoms with Crippen molar-refractivity contribution < 1.29 is 32.7 Å². The van der Waals surface area contributed by atoms with Crippen molar-refractivity contribution in [2.45, 2.75) is 0 Å². The van der Waals surface area contributed by atoms with Crippen LogP contribution in [-0.4, -0.2) is 4.98 Å². The number of nitrogens with zero attached hydrogens (tertiary/aromatic N) is 1. The summed E-state index contributed by atoms with van der Waals surface area (Å²) in [6.45, 7) is -2.11. The van der Waals surface area contributed by atoms with Crippen molar-refractivity contribution in [3.8, 4) is 0 Å². The van der Waals surface area contributed by atoms with Gasteiger partial charge in [-0.1, -0.05) is 12.1 Å². The van der Waals surface area contributed by atoms with E-state index < -0.39 is 6.98 Å². The van der Waals surface area contributed by atoms with Gasteiger partial charge in [-0.15, -0.1) is 0 Å². The minimum Gasteiger partial charge on any atom is -1.00 e. The van der Waals surface area contributed by atoms with Crippen molar-refractivity contribution in [3.05, 3.63) is 30.6 Å². The second-order valence-corrected chi connectivity index (χ2v) is 2.16. The highest BCUT2D eigenvalue weighted by Crippen LogP contribution is 2.03. The molecule has 1 aromatic carbocycles. The first kappa shape index (κ1) is 5.13. The number of hydrogen-bond acceptors (Lipinski definition) is 0. The molecule has 3 heteroatoms. The minimum absolute atomic E-state index is 0. The number of aromatic amines is 1. The first-order valence-electron chi connectivity index (χ1n) is 4.57. The monoisotopic (exact) mass is 263 g/mol. The summed E-state index contributed by atoms with van der Waals surface area (Å²) in [5, 5.41) is 0. The van der Waals surface area contributed by atoms with Crippen molar-refractivity contribution >= 4 is 11.0 Å². The zero-order valence-electron chi connectivity index (χ0n) is 8.71. The van der Waals surface area contributed by atoms with E-state index in [2.05, 4.69) is 4.98 Å². The van der Waals surface area contributed by atoms with E-state index in [-0.39, 0.29) is 24.0 Å². The van der Waals surface area contributed by atoms with Crippen LogP contribution in [0.3, 0.4) is 0 Å². The SMILES string of the molecule is [2H]C([2H])([2H])[n+]1c[nH]c2ccccc21.[I-]. The summed E-state index contributed by atoms with van der Waals surface area (Å²) in [5.41, 5.74) is 1.53. The van der Waals surface area contributed by atoms with Gasteiger partial charge in [0.25, 0.3) is 0 Å². The Morgan fingerprint density at radius 1 is 1.45 bits per heavy atom. The third-order valence-electron chi connectivity index (χ3n) is 1.51. The number of benzene rings is 1. The molecule has 11 heavy (non-hydrogen) atoms. The first-order chi connectivity index (χ1) is 6.09. The Morgan fingerprint density at radius 2 is 2.27 bits per heavy atom. The molecule has 0 fully saturated rings. The third kappa shape index (κ3) is 1.38. The predicted molar refractivity (Wildman–Crippen MR) is 39.5 cm³/mol. The molecule has 58 valence electrons. The van der Waals surface area contributed by atoms with Gasteiger partial charge >= 0.3 is 0 Å². The highest BCUT2D eigenvalue weighted by molar-refractivity contribution is 5.70. The van der Waals surface area contributed by atoms with Gasteiger partial charge in [0.2, 0.25) is 6.33 Å². The summed E-state index contributed by atoms with van der Waals surface area (Å²) in [6.07, 6.45) is 1.47. The Hall–Kier alpha value is -0.580. The molecule has 0 radical (unpaired) electrons. The fourth-order valence-electron chi connectivity index (χ4n) is 1.01. The molecule has 2 nitrogen and oxygen atoms in total. The topological polar surface area (TPSA) is 19.7 Å². The van der Waals surface area contributed by atoms with Crippen molar-refractivity contribution in [3.63, 3.8) is 0 Å². The van der Waals surface area contributed by atoms with E-state index in [1.807, 2.05) is 18.2 Å². The van der Waals surface area contributed by atoms with Gasteiger partial charge in [-0.05, 0) is 12.1 Å². The fourth-order valence-corrected chi connectivity index (χ4v) is 1.01. The van der Waals surface area contributed by atoms with E-state index in [9.17, 15) is 0 Å². The summed E-state index contributed by atoms with van der Waals surface area (Å²) in [4.78, 5) is 2.90. The van der Waals surface area contributed by atoms with Crippen LogP contribution in [0.4, 0.5) is 0 Å². The first-order valence-corrected chi connectivity index (χ1v) is 3.07. The Morgan fingerprint density at radius 3 is 3.09 bits per heavy atom. The van der Waals surface area contributed by atoms with E-state index >= 15 is 0 Å². The maximum Gasteiger partial charge on any atom is 0.242 e. The van der Waals surface area contributed by atoms with Crippen LogP contribution >= 0.6 is 0 Å². The molecule has 0 saturated heterocycles. The summed E-state index contributed by atoms with van der Waals surface area (Å²) in [5.74, 6) is 0. The highest BCUT2D eigenvalue weighted by Gasteiger charge is 2.01. The normalized spacial score (nSPS) is 14.7. The zero-order chi connectivity index (χ0) is 9.47. The fraction of sp³-hybridized carbons (Fsp3) is 0.125. The van der Waals surface area contributed by atoms with E-state index in [1.54, 1.807) is 6.07 Å². The van der Waals surface area contributed by atoms with Crippen LogP contribution in [0.15, 0.2) is 30.6 Å². The average molecular weight is 263 g/mol. The molecule has 0 bridgehead atoms. The van der Waals surface area contributed by atoms with Crippen LogP contribution in [-0.2, 0) is 6.98 Å². The van der Waals surface area contributed by atoms with Crippen LogP contribution < -0.4 is 28.5 Å². The van der Waals surface area contributed by atoms with Gasteiger partial charge in [-0.2, -0.15) is 0 Å². The number of imidazole rings is 1. The molecule has 1 aromatic heterocycles. The Labute approximate surface area is 86.5 Å². The number of rotatable bonds is 0. The molecular weight excluding hydrogens is 251 g/mol. The summed E-state index contributed by atoms with van der Waals surface area (Å²) >= 11 is 0. The van der Waals surface area contributed by atoms with Gasteiger partial charge in [0.15, 0.2) is 11.0 Å². The van der Waals surface area contributed by atoms with Gasteiger partial charge in [0, 0.05) is 0 Å². The van der Waals surface area contributed by atoms with Gasteiger partial charge in [-0.25, -0.2) is 9.55 Å². The lowest BCUT2D eigenvalue weighted by atomic mass is 10.3. The van der Waals surface area contributed by atoms with Crippen LogP contribution in [0.25, 0.3) is 11.0 Å². The quantitative estimate of drug-likeness (QED) is 0.419. The number of para-hydroxylation sites is 2. The molecule has 2 rings (SSSR count). The lowest BCUT2D eigenvalue weighted by Gasteiger charge is -1.82. The number of fused-ring (bicyclic) bond motifs is 1. The van der Waals surface area contributed by atoms with Gasteiger partial charge in [-0.3, -0.25) is 0 Å². The van der Waals surface area contributed by atoms with Gasteiger partial charge in [0.05, 0.1) is 11.1 Å². The Balaban J connectivity index is 0.000000980. The molecule has 0 spiro atoms. The van der Waals surface area contributed by atoms with E-state index in [1.165, 1.54) is 10.9 Å². The number of halogens is 1. The molecule has 1 N–H and O–H groups in total. The lowest BCUT2D eigenvalue weighted by molar-refractivity contribution is -0.644. The molecule has 0 amide bonds. The van der Waals surface area contributed by atoms with Crippen LogP contribution in [0, 0.1) is 0 Å². The van der Waals surface area contributed by atoms with E-state index in [0.717, 1.165) is 5.52 Å². The van der Waals surface area contributed by atoms with Crippen molar-refractivity contribution in [2.75, 3.05) is 0 Å². The molecule has 2 aromatic rings. The standard InChI is InChI=1S/C8H8N2.HI/c1-10-6-9-7-4-2-3-5-8(7)10;/h2-6H,1H3;1H/i1D3;. The Kier molecular flexibility index (Phi) is 1.50. The number of H-pyrrole nitrogens is 1. The zero-order valence-corrected chi connectivity index (χ0v) is 7.87. The minimum atomic E-state index is -2.11. The molecule has 0 atom stereocenters. The molecule has 1 heterocycles. The van der Waals surface area contributed by atoms with Gasteiger partial charge < -0.3 is 24.0 Å². The largest absolute Gasteiger partial charge is 1.00 e. The number of aromatic nitrogens is 2. The molecule has 0 aliphatic heterocycles. The average Bonchev–Trinajstić information content (AvgIpc) is 2.45. The van der Waals surface area contributed by atoms with Gasteiger partial charge in [0.1, 0.15) is 0 Å². The second kappa shape index (κ2) is 3.21. The molecule has 0 saturated carbocycles. The van der Waals surface area contributed by atoms with Crippen molar-refractivity contribution in [1.29, 1.82) is 0 Å². The third-order valence-corrected chi connectivity index (χ3v) is 1.51. The predicted octanol–water partition coefficient (Wildman–Crippen LogP) is -2.00. The van der Waals surface area contributed by atoms with Crippen molar-refractivity contribution in [2.24, 2.45) is 6.98 Å². The summed E-state index contributed by atoms with van der Waals surface area (Å²) in [7, 11) is 0. The van der Waals surface area contributed by atoms with Crippen molar-refractivity contribution in [1.82, 2.24) is 4.98 Å². The number of aryl methyl sites for hydroxylation is 1. The second-order valence-electron chi connectivity index (χ2n) is 2.16. The molecule has 0 aliphatic carbocycles. The smallest absolute Gasteiger partial charge is 0.242 e. The van der Waals surface area contributed by atoms with Crippen LogP contribution in [0.1, 0.15) is 4.11 Å². The molecule has 0 unspecified atom stereocenters. The number of hydrogen-bond donors (Lipinski definition) is 1. The van der Waals surface area contributed by atoms with Crippen LogP contribution in [0.5, 0.6) is 0 Å². The Bertz CT molecular complexity index is 435. The highest BCUT2D eigenvalue weighted by atomic mass is 127. The molecular formula is C8H9IN2. The molecule has 0 aliphatic rings. The summed E-state index contributed by atoms with van der Waals surface area (Å²) in [6, 6.07) is 7.30. The van der Waals surface area contributed by atoms with E-state index in [4.69, 9.17) is 4.11 Å². The van der Waals surface area contributed by atoms with Crippen LogP contribution in [0.2, 0.25) is 0 Å². The summed E-state index contributed by atoms with van der Waals surface area (Å²) < 4.78 is 23.0. The maximum atomic E-state index is 7.25. The lowest BCUT2D eigenvalue weighted by Crippen LogP contribution is -3.00. The number of nitrogens with one attached hydrogen (secondary N) is 1. The van der Waals surface area contributed by atoms with E-state index in [0.29, 0.717) is 5.52 Å².